The molecule has 1 fully saturated rings. The number of hydrogen-bond donors (Lipinski definition) is 0. The van der Waals surface area contributed by atoms with Crippen LogP contribution in [-0.4, -0.2) is 19.0 Å². The predicted octanol–water partition coefficient (Wildman–Crippen LogP) is 2.58. The molecule has 1 atom stereocenters. The molecule has 0 amide bonds. The average Bonchev–Trinajstić information content (AvgIpc) is 2.49. The van der Waals surface area contributed by atoms with Gasteiger partial charge in [-0.25, -0.2) is 0 Å². The molecule has 2 nitrogen and oxygen atoms in total. The third-order valence-corrected chi connectivity index (χ3v) is 2.75. The van der Waals surface area contributed by atoms with Gasteiger partial charge in [0.05, 0.1) is 13.2 Å². The summed E-state index contributed by atoms with van der Waals surface area (Å²) in [5.74, 6) is 0.217. The fraction of sp³-hybridized carbons (Fsp3) is 1.00. The van der Waals surface area contributed by atoms with E-state index >= 15 is 0 Å². The largest absolute Gasteiger partial charge is 0.348 e. The topological polar surface area (TPSA) is 18.5 Å². The van der Waals surface area contributed by atoms with Crippen molar-refractivity contribution in [3.8, 4) is 0 Å². The van der Waals surface area contributed by atoms with Gasteiger partial charge in [-0.1, -0.05) is 26.7 Å². The minimum atomic E-state index is -0.296. The highest BCUT2D eigenvalue weighted by Gasteiger charge is 2.36. The molecule has 0 N–H and O–H groups in total. The van der Waals surface area contributed by atoms with Crippen LogP contribution in [0.2, 0.25) is 0 Å². The first-order chi connectivity index (χ1) is 5.69. The van der Waals surface area contributed by atoms with Crippen LogP contribution >= 0.6 is 0 Å². The summed E-state index contributed by atoms with van der Waals surface area (Å²) in [6, 6.07) is 0. The lowest BCUT2D eigenvalue weighted by Gasteiger charge is -2.29. The van der Waals surface area contributed by atoms with Crippen molar-refractivity contribution >= 4 is 0 Å². The third-order valence-electron chi connectivity index (χ3n) is 2.75. The van der Waals surface area contributed by atoms with Crippen LogP contribution in [0.3, 0.4) is 0 Å². The van der Waals surface area contributed by atoms with Gasteiger partial charge < -0.3 is 9.47 Å². The van der Waals surface area contributed by atoms with E-state index in [2.05, 4.69) is 20.8 Å². The molecule has 1 unspecified atom stereocenters. The summed E-state index contributed by atoms with van der Waals surface area (Å²) in [6.45, 7) is 7.99. The maximum Gasteiger partial charge on any atom is 0.168 e. The highest BCUT2D eigenvalue weighted by molar-refractivity contribution is 4.74. The van der Waals surface area contributed by atoms with Crippen LogP contribution in [0.5, 0.6) is 0 Å². The molecule has 1 saturated heterocycles. The van der Waals surface area contributed by atoms with Crippen LogP contribution in [0.25, 0.3) is 0 Å². The molecular weight excluding hydrogens is 152 g/mol. The Bertz CT molecular complexity index is 128. The maximum absolute atomic E-state index is 5.58. The van der Waals surface area contributed by atoms with Crippen LogP contribution in [0, 0.1) is 5.92 Å². The van der Waals surface area contributed by atoms with Crippen LogP contribution in [0.15, 0.2) is 0 Å². The van der Waals surface area contributed by atoms with Gasteiger partial charge in [0.15, 0.2) is 5.79 Å². The van der Waals surface area contributed by atoms with E-state index < -0.39 is 0 Å². The van der Waals surface area contributed by atoms with Crippen molar-refractivity contribution in [2.75, 3.05) is 13.2 Å². The van der Waals surface area contributed by atoms with Crippen LogP contribution < -0.4 is 0 Å². The van der Waals surface area contributed by atoms with E-state index in [-0.39, 0.29) is 5.79 Å². The quantitative estimate of drug-likeness (QED) is 0.649. The smallest absolute Gasteiger partial charge is 0.168 e. The molecule has 72 valence electrons. The zero-order valence-corrected chi connectivity index (χ0v) is 8.43. The van der Waals surface area contributed by atoms with Gasteiger partial charge in [0.1, 0.15) is 0 Å². The Hall–Kier alpha value is -0.0800. The van der Waals surface area contributed by atoms with Crippen molar-refractivity contribution in [1.29, 1.82) is 0 Å². The molecule has 1 heterocycles. The molecule has 2 heteroatoms. The number of ether oxygens (including phenoxy) is 2. The van der Waals surface area contributed by atoms with Crippen molar-refractivity contribution in [3.05, 3.63) is 0 Å². The molecule has 0 aliphatic carbocycles. The Morgan fingerprint density at radius 1 is 1.33 bits per heavy atom. The van der Waals surface area contributed by atoms with E-state index in [1.807, 2.05) is 0 Å². The maximum atomic E-state index is 5.58. The van der Waals surface area contributed by atoms with E-state index in [1.54, 1.807) is 0 Å². The first kappa shape index (κ1) is 10.0. The second kappa shape index (κ2) is 4.24. The van der Waals surface area contributed by atoms with Gasteiger partial charge in [-0.15, -0.1) is 0 Å². The summed E-state index contributed by atoms with van der Waals surface area (Å²) < 4.78 is 11.2. The van der Waals surface area contributed by atoms with Gasteiger partial charge in [0.25, 0.3) is 0 Å². The summed E-state index contributed by atoms with van der Waals surface area (Å²) in [7, 11) is 0. The fourth-order valence-electron chi connectivity index (χ4n) is 1.59. The van der Waals surface area contributed by atoms with Crippen molar-refractivity contribution in [1.82, 2.24) is 0 Å². The zero-order chi connectivity index (χ0) is 9.03. The Kier molecular flexibility index (Phi) is 3.53. The number of hydrogen-bond acceptors (Lipinski definition) is 2. The minimum Gasteiger partial charge on any atom is -0.348 e. The molecule has 0 radical (unpaired) electrons. The second-order valence-electron chi connectivity index (χ2n) is 3.76. The molecule has 0 aromatic rings. The molecule has 0 aromatic heterocycles. The van der Waals surface area contributed by atoms with Gasteiger partial charge in [0.2, 0.25) is 0 Å². The van der Waals surface area contributed by atoms with E-state index in [0.29, 0.717) is 5.92 Å². The molecule has 1 rings (SSSR count). The SMILES string of the molecule is CCCCC(C)C1(C)OCCO1. The lowest BCUT2D eigenvalue weighted by Crippen LogP contribution is -2.33. The van der Waals surface area contributed by atoms with Gasteiger partial charge in [-0.2, -0.15) is 0 Å². The lowest BCUT2D eigenvalue weighted by molar-refractivity contribution is -0.178. The van der Waals surface area contributed by atoms with Crippen LogP contribution in [0.1, 0.15) is 40.0 Å². The summed E-state index contributed by atoms with van der Waals surface area (Å²) in [4.78, 5) is 0. The van der Waals surface area contributed by atoms with E-state index in [9.17, 15) is 0 Å². The summed E-state index contributed by atoms with van der Waals surface area (Å²) in [6.07, 6.45) is 3.72. The third kappa shape index (κ3) is 2.20. The molecule has 0 spiro atoms. The highest BCUT2D eigenvalue weighted by Crippen LogP contribution is 2.30. The summed E-state index contributed by atoms with van der Waals surface area (Å²) >= 11 is 0. The molecule has 0 aromatic carbocycles. The van der Waals surface area contributed by atoms with E-state index in [0.717, 1.165) is 13.2 Å². The summed E-state index contributed by atoms with van der Waals surface area (Å²) in [5, 5.41) is 0. The molecule has 0 saturated carbocycles. The minimum absolute atomic E-state index is 0.296. The van der Waals surface area contributed by atoms with E-state index in [4.69, 9.17) is 9.47 Å². The van der Waals surface area contributed by atoms with Gasteiger partial charge in [0, 0.05) is 5.92 Å². The Balaban J connectivity index is 2.33. The predicted molar refractivity (Wildman–Crippen MR) is 49.0 cm³/mol. The van der Waals surface area contributed by atoms with Crippen molar-refractivity contribution in [2.24, 2.45) is 5.92 Å². The first-order valence-corrected chi connectivity index (χ1v) is 4.97. The second-order valence-corrected chi connectivity index (χ2v) is 3.76. The number of unbranched alkanes of at least 4 members (excludes halogenated alkanes) is 1. The molecular formula is C10H20O2. The molecule has 1 aliphatic heterocycles. The van der Waals surface area contributed by atoms with Crippen molar-refractivity contribution in [2.45, 2.75) is 45.8 Å². The zero-order valence-electron chi connectivity index (χ0n) is 8.43. The molecule has 0 bridgehead atoms. The van der Waals surface area contributed by atoms with Gasteiger partial charge in [-0.3, -0.25) is 0 Å². The lowest BCUT2D eigenvalue weighted by atomic mass is 9.96. The number of rotatable bonds is 4. The fourth-order valence-corrected chi connectivity index (χ4v) is 1.59. The normalized spacial score (nSPS) is 24.2. The Morgan fingerprint density at radius 3 is 2.42 bits per heavy atom. The average molecular weight is 172 g/mol. The summed E-state index contributed by atoms with van der Waals surface area (Å²) in [5.41, 5.74) is 0. The monoisotopic (exact) mass is 172 g/mol. The van der Waals surface area contributed by atoms with Crippen LogP contribution in [-0.2, 0) is 9.47 Å². The van der Waals surface area contributed by atoms with Gasteiger partial charge >= 0.3 is 0 Å². The van der Waals surface area contributed by atoms with Crippen molar-refractivity contribution < 1.29 is 9.47 Å². The van der Waals surface area contributed by atoms with Crippen molar-refractivity contribution in [3.63, 3.8) is 0 Å². The first-order valence-electron chi connectivity index (χ1n) is 4.97. The Labute approximate surface area is 75.2 Å². The van der Waals surface area contributed by atoms with E-state index in [1.165, 1.54) is 19.3 Å². The highest BCUT2D eigenvalue weighted by atomic mass is 16.7. The Morgan fingerprint density at radius 2 is 1.92 bits per heavy atom. The molecule has 12 heavy (non-hydrogen) atoms. The molecule has 1 aliphatic rings. The van der Waals surface area contributed by atoms with Crippen LogP contribution in [0.4, 0.5) is 0 Å². The standard InChI is InChI=1S/C10H20O2/c1-4-5-6-9(2)10(3)11-7-8-12-10/h9H,4-8H2,1-3H3. The van der Waals surface area contributed by atoms with Gasteiger partial charge in [-0.05, 0) is 13.3 Å².